The first-order valence-electron chi connectivity index (χ1n) is 9.01. The third-order valence-corrected chi connectivity index (χ3v) is 8.51. The van der Waals surface area contributed by atoms with Crippen LogP contribution >= 0.6 is 22.9 Å². The number of halogens is 1. The zero-order chi connectivity index (χ0) is 20.8. The molecular formula is C18H20ClN5O3S2. The Bertz CT molecular complexity index is 971. The van der Waals surface area contributed by atoms with Gasteiger partial charge in [-0.15, -0.1) is 11.3 Å². The number of anilines is 1. The quantitative estimate of drug-likeness (QED) is 0.612. The van der Waals surface area contributed by atoms with E-state index >= 15 is 0 Å². The minimum Gasteiger partial charge on any atom is -0.592 e. The molecule has 0 bridgehead atoms. The largest absolute Gasteiger partial charge is 0.592 e. The molecule has 0 aliphatic carbocycles. The Morgan fingerprint density at radius 2 is 2.41 bits per heavy atom. The summed E-state index contributed by atoms with van der Waals surface area (Å²) in [5, 5.41) is 14.0. The van der Waals surface area contributed by atoms with Crippen molar-refractivity contribution in [3.8, 4) is 0 Å². The molecular weight excluding hydrogens is 434 g/mol. The lowest BCUT2D eigenvalue weighted by atomic mass is 9.95. The number of amides is 1. The van der Waals surface area contributed by atoms with E-state index in [9.17, 15) is 9.35 Å². The molecule has 8 nitrogen and oxygen atoms in total. The molecule has 2 saturated heterocycles. The zero-order valence-corrected chi connectivity index (χ0v) is 18.2. The monoisotopic (exact) mass is 453 g/mol. The molecule has 2 unspecified atom stereocenters. The molecule has 0 saturated carbocycles. The van der Waals surface area contributed by atoms with Gasteiger partial charge in [-0.2, -0.15) is 4.31 Å². The minimum atomic E-state index is -1.45. The second-order valence-electron chi connectivity index (χ2n) is 6.83. The molecule has 4 heterocycles. The number of ether oxygens (including phenoxy) is 1. The van der Waals surface area contributed by atoms with Gasteiger partial charge >= 0.3 is 0 Å². The predicted octanol–water partition coefficient (Wildman–Crippen LogP) is 2.34. The van der Waals surface area contributed by atoms with Gasteiger partial charge in [0.2, 0.25) is 5.96 Å². The summed E-state index contributed by atoms with van der Waals surface area (Å²) in [7, 11) is 1.60. The van der Waals surface area contributed by atoms with Crippen molar-refractivity contribution in [1.82, 2.24) is 14.6 Å². The molecule has 154 valence electrons. The van der Waals surface area contributed by atoms with Gasteiger partial charge in [-0.3, -0.25) is 10.2 Å². The summed E-state index contributed by atoms with van der Waals surface area (Å²) < 4.78 is 19.8. The first-order chi connectivity index (χ1) is 13.9. The van der Waals surface area contributed by atoms with Crippen molar-refractivity contribution in [2.75, 3.05) is 25.6 Å². The number of aryl methyl sites for hydroxylation is 1. The topological polar surface area (TPSA) is 113 Å². The molecule has 3 atom stereocenters. The van der Waals surface area contributed by atoms with E-state index in [1.807, 2.05) is 19.1 Å². The molecule has 1 amide bonds. The van der Waals surface area contributed by atoms with Gasteiger partial charge in [0.05, 0.1) is 46.4 Å². The normalized spacial score (nSPS) is 26.2. The van der Waals surface area contributed by atoms with Crippen molar-refractivity contribution >= 4 is 52.0 Å². The van der Waals surface area contributed by atoms with Crippen molar-refractivity contribution in [1.29, 1.82) is 5.41 Å². The Morgan fingerprint density at radius 3 is 3.17 bits per heavy atom. The lowest BCUT2D eigenvalue weighted by Gasteiger charge is -2.42. The third kappa shape index (κ3) is 3.49. The number of aromatic nitrogens is 1. The van der Waals surface area contributed by atoms with E-state index in [-0.39, 0.29) is 25.1 Å². The fraction of sp³-hybridized carbons (Fsp3) is 0.389. The van der Waals surface area contributed by atoms with Crippen molar-refractivity contribution in [2.45, 2.75) is 24.1 Å². The number of thiophene rings is 1. The molecule has 0 spiro atoms. The van der Waals surface area contributed by atoms with Crippen molar-refractivity contribution in [3.63, 3.8) is 0 Å². The van der Waals surface area contributed by atoms with E-state index in [1.165, 1.54) is 15.6 Å². The van der Waals surface area contributed by atoms with Crippen LogP contribution in [0, 0.1) is 5.41 Å². The van der Waals surface area contributed by atoms with E-state index in [1.54, 1.807) is 19.2 Å². The van der Waals surface area contributed by atoms with Gasteiger partial charge < -0.3 is 19.9 Å². The molecule has 11 heteroatoms. The third-order valence-electron chi connectivity index (χ3n) is 5.04. The number of rotatable bonds is 4. The summed E-state index contributed by atoms with van der Waals surface area (Å²) in [4.78, 5) is 18.2. The van der Waals surface area contributed by atoms with Gasteiger partial charge in [0, 0.05) is 5.69 Å². The summed E-state index contributed by atoms with van der Waals surface area (Å²) in [5.74, 6) is 0.182. The molecule has 0 radical (unpaired) electrons. The van der Waals surface area contributed by atoms with Crippen LogP contribution < -0.4 is 10.6 Å². The number of hydrogen-bond acceptors (Lipinski definition) is 6. The number of hydrogen-bond donors (Lipinski definition) is 3. The number of carbonyl (C=O) groups excluding carboxylic acids is 1. The standard InChI is InChI=1S/C18H20ClN5O3S2/c1-3-10-5-4-6-14(21-10)22-16(25)12-7-11(19)15(28-12)18-9-27-8-13(18)29(26)24(2)17(20)23-18/h4-7,13H,3,8-9H2,1-2H3,(H2,20,23)(H,21,22,25)/t13?,18-,29?/m0/s1. The van der Waals surface area contributed by atoms with E-state index in [0.29, 0.717) is 20.6 Å². The van der Waals surface area contributed by atoms with Gasteiger partial charge in [0.1, 0.15) is 5.82 Å². The number of guanidine groups is 1. The van der Waals surface area contributed by atoms with Crippen LogP contribution in [0.2, 0.25) is 5.02 Å². The van der Waals surface area contributed by atoms with Crippen LogP contribution in [0.3, 0.4) is 0 Å². The number of nitrogens with zero attached hydrogens (tertiary/aromatic N) is 2. The summed E-state index contributed by atoms with van der Waals surface area (Å²) in [6.07, 6.45) is 0.770. The van der Waals surface area contributed by atoms with E-state index in [2.05, 4.69) is 15.6 Å². The average molecular weight is 454 g/mol. The Hall–Kier alpha value is -1.85. The number of pyridine rings is 1. The van der Waals surface area contributed by atoms with Crippen LogP contribution in [-0.4, -0.2) is 51.2 Å². The molecule has 0 aromatic carbocycles. The Morgan fingerprint density at radius 1 is 1.62 bits per heavy atom. The molecule has 2 aromatic rings. The lowest BCUT2D eigenvalue weighted by Crippen LogP contribution is -2.66. The summed E-state index contributed by atoms with van der Waals surface area (Å²) in [6.45, 7) is 2.50. The molecule has 2 aromatic heterocycles. The van der Waals surface area contributed by atoms with Gasteiger partial charge in [-0.05, 0) is 24.6 Å². The van der Waals surface area contributed by atoms with Crippen LogP contribution in [0.15, 0.2) is 24.3 Å². The van der Waals surface area contributed by atoms with Crippen LogP contribution in [0.25, 0.3) is 0 Å². The maximum absolute atomic E-state index is 12.8. The van der Waals surface area contributed by atoms with Crippen LogP contribution in [0.1, 0.15) is 27.2 Å². The van der Waals surface area contributed by atoms with Crippen molar-refractivity contribution < 1.29 is 14.1 Å². The summed E-state index contributed by atoms with van der Waals surface area (Å²) in [5.41, 5.74) is -0.0104. The summed E-state index contributed by atoms with van der Waals surface area (Å²) >= 11 is 6.27. The second kappa shape index (κ2) is 7.77. The molecule has 4 rings (SSSR count). The highest BCUT2D eigenvalue weighted by Gasteiger charge is 2.60. The molecule has 29 heavy (non-hydrogen) atoms. The van der Waals surface area contributed by atoms with Gasteiger partial charge in [-0.1, -0.05) is 24.6 Å². The Balaban J connectivity index is 1.63. The maximum Gasteiger partial charge on any atom is 0.266 e. The first kappa shape index (κ1) is 20.4. The SMILES string of the molecule is CCc1cccc(NC(=O)c2cc(Cl)c([C@]34COCC3[S+]([O-])N(C)C(=N)N4)s2)n1. The van der Waals surface area contributed by atoms with Crippen molar-refractivity contribution in [3.05, 3.63) is 44.7 Å². The molecule has 2 aliphatic rings. The maximum atomic E-state index is 12.8. The fourth-order valence-electron chi connectivity index (χ4n) is 3.46. The fourth-order valence-corrected chi connectivity index (χ4v) is 6.53. The van der Waals surface area contributed by atoms with Gasteiger partial charge in [0.25, 0.3) is 5.91 Å². The number of carbonyl (C=O) groups is 1. The summed E-state index contributed by atoms with van der Waals surface area (Å²) in [6, 6.07) is 7.07. The number of fused-ring (bicyclic) bond motifs is 1. The van der Waals surface area contributed by atoms with Crippen molar-refractivity contribution in [2.24, 2.45) is 0 Å². The molecule has 3 N–H and O–H groups in total. The highest BCUT2D eigenvalue weighted by atomic mass is 35.5. The lowest BCUT2D eigenvalue weighted by molar-refractivity contribution is 0.103. The first-order valence-corrected chi connectivity index (χ1v) is 11.4. The van der Waals surface area contributed by atoms with Crippen LogP contribution in [0.5, 0.6) is 0 Å². The van der Waals surface area contributed by atoms with E-state index < -0.39 is 22.2 Å². The Labute approximate surface area is 180 Å². The van der Waals surface area contributed by atoms with E-state index in [0.717, 1.165) is 12.1 Å². The smallest absolute Gasteiger partial charge is 0.266 e. The zero-order valence-electron chi connectivity index (χ0n) is 15.8. The highest BCUT2D eigenvalue weighted by molar-refractivity contribution is 7.90. The highest BCUT2D eigenvalue weighted by Crippen LogP contribution is 2.45. The minimum absolute atomic E-state index is 0.0288. The van der Waals surface area contributed by atoms with E-state index in [4.69, 9.17) is 21.7 Å². The Kier molecular flexibility index (Phi) is 5.47. The predicted molar refractivity (Wildman–Crippen MR) is 114 cm³/mol. The van der Waals surface area contributed by atoms with Gasteiger partial charge in [0.15, 0.2) is 10.8 Å². The average Bonchev–Trinajstić information content (AvgIpc) is 3.31. The van der Waals surface area contributed by atoms with Gasteiger partial charge in [-0.25, -0.2) is 4.98 Å². The molecule has 2 aliphatic heterocycles. The van der Waals surface area contributed by atoms with Crippen LogP contribution in [0.4, 0.5) is 5.82 Å². The molecule has 2 fully saturated rings. The number of nitrogens with one attached hydrogen (secondary N) is 3. The van der Waals surface area contributed by atoms with Crippen LogP contribution in [-0.2, 0) is 28.1 Å². The second-order valence-corrected chi connectivity index (χ2v) is 9.96.